The first-order chi connectivity index (χ1) is 15.7. The third-order valence-corrected chi connectivity index (χ3v) is 7.23. The molecule has 3 aliphatic heterocycles. The van der Waals surface area contributed by atoms with Crippen molar-refractivity contribution in [1.82, 2.24) is 9.80 Å². The largest absolute Gasteiger partial charge is 0.490 e. The van der Waals surface area contributed by atoms with Crippen molar-refractivity contribution < 1.29 is 14.3 Å². The fourth-order valence-corrected chi connectivity index (χ4v) is 5.24. The Balaban J connectivity index is 1.18. The van der Waals surface area contributed by atoms with Gasteiger partial charge in [0.25, 0.3) is 5.91 Å². The van der Waals surface area contributed by atoms with Crippen LogP contribution in [0.4, 0.5) is 0 Å². The molecule has 2 saturated heterocycles. The highest BCUT2D eigenvalue weighted by molar-refractivity contribution is 5.94. The van der Waals surface area contributed by atoms with Crippen LogP contribution in [0.25, 0.3) is 11.1 Å². The average molecular weight is 435 g/mol. The summed E-state index contributed by atoms with van der Waals surface area (Å²) in [5.41, 5.74) is 4.30. The first-order valence-electron chi connectivity index (χ1n) is 12.2. The quantitative estimate of drug-likeness (QED) is 0.676. The molecule has 0 N–H and O–H groups in total. The van der Waals surface area contributed by atoms with Crippen LogP contribution in [0.3, 0.4) is 0 Å². The molecule has 0 bridgehead atoms. The van der Waals surface area contributed by atoms with E-state index in [4.69, 9.17) is 9.47 Å². The molecule has 0 saturated carbocycles. The fraction of sp³-hybridized carbons (Fsp3) is 0.519. The zero-order chi connectivity index (χ0) is 21.9. The number of morpholine rings is 1. The smallest absolute Gasteiger partial charge is 0.254 e. The number of likely N-dealkylation sites (tertiary alicyclic amines) is 1. The van der Waals surface area contributed by atoms with Crippen molar-refractivity contribution in [1.29, 1.82) is 0 Å². The van der Waals surface area contributed by atoms with Crippen LogP contribution in [0.15, 0.2) is 42.5 Å². The van der Waals surface area contributed by atoms with Gasteiger partial charge >= 0.3 is 0 Å². The lowest BCUT2D eigenvalue weighted by Gasteiger charge is -2.26. The molecule has 1 amide bonds. The Hall–Kier alpha value is -2.37. The number of fused-ring (bicyclic) bond motifs is 1. The minimum Gasteiger partial charge on any atom is -0.490 e. The van der Waals surface area contributed by atoms with Gasteiger partial charge < -0.3 is 19.3 Å². The Bertz CT molecular complexity index is 936. The molecule has 0 radical (unpaired) electrons. The van der Waals surface area contributed by atoms with E-state index >= 15 is 0 Å². The Morgan fingerprint density at radius 2 is 1.81 bits per heavy atom. The second kappa shape index (κ2) is 9.63. The van der Waals surface area contributed by atoms with E-state index < -0.39 is 0 Å². The van der Waals surface area contributed by atoms with Gasteiger partial charge in [-0.25, -0.2) is 0 Å². The van der Waals surface area contributed by atoms with Crippen LogP contribution in [-0.4, -0.2) is 67.2 Å². The lowest BCUT2D eigenvalue weighted by atomic mass is 10.00. The molecule has 5 rings (SSSR count). The number of amides is 1. The molecule has 5 nitrogen and oxygen atoms in total. The number of hydrogen-bond acceptors (Lipinski definition) is 4. The maximum Gasteiger partial charge on any atom is 0.254 e. The monoisotopic (exact) mass is 434 g/mol. The fourth-order valence-electron chi connectivity index (χ4n) is 5.24. The van der Waals surface area contributed by atoms with Crippen molar-refractivity contribution in [3.8, 4) is 16.9 Å². The van der Waals surface area contributed by atoms with Crippen LogP contribution in [0, 0.1) is 0 Å². The van der Waals surface area contributed by atoms with Gasteiger partial charge in [0, 0.05) is 31.1 Å². The third-order valence-electron chi connectivity index (χ3n) is 7.23. The Kier molecular flexibility index (Phi) is 6.47. The average Bonchev–Trinajstić information content (AvgIpc) is 3.44. The summed E-state index contributed by atoms with van der Waals surface area (Å²) in [5.74, 6) is 1.11. The van der Waals surface area contributed by atoms with Crippen LogP contribution in [0.5, 0.6) is 5.75 Å². The number of rotatable bonds is 6. The zero-order valence-electron chi connectivity index (χ0n) is 19.1. The van der Waals surface area contributed by atoms with Gasteiger partial charge in [-0.3, -0.25) is 4.79 Å². The summed E-state index contributed by atoms with van der Waals surface area (Å²) in [6.07, 6.45) is 6.32. The highest BCUT2D eigenvalue weighted by atomic mass is 16.5. The van der Waals surface area contributed by atoms with E-state index in [1.807, 2.05) is 29.2 Å². The normalized spacial score (nSPS) is 23.2. The maximum absolute atomic E-state index is 12.7. The molecule has 0 aromatic heterocycles. The lowest BCUT2D eigenvalue weighted by molar-refractivity contribution is 0.0303. The molecule has 3 aliphatic rings. The second-order valence-corrected chi connectivity index (χ2v) is 9.42. The summed E-state index contributed by atoms with van der Waals surface area (Å²) in [4.78, 5) is 17.2. The van der Waals surface area contributed by atoms with Gasteiger partial charge in [-0.2, -0.15) is 0 Å². The van der Waals surface area contributed by atoms with E-state index in [9.17, 15) is 4.79 Å². The van der Waals surface area contributed by atoms with Crippen LogP contribution >= 0.6 is 0 Å². The standard InChI is InChI=1S/C27H34N2O3/c1-20-4-2-12-28(20)13-3-5-25-18-24-11-10-23(19-26(24)32-25)21-6-8-22(9-7-21)27(30)29-14-16-31-17-15-29/h6-11,19-20,25H,2-5,12-18H2,1H3. The van der Waals surface area contributed by atoms with Gasteiger partial charge in [-0.1, -0.05) is 24.3 Å². The lowest BCUT2D eigenvalue weighted by Crippen LogP contribution is -2.40. The van der Waals surface area contributed by atoms with Gasteiger partial charge in [0.05, 0.1) is 13.2 Å². The Morgan fingerprint density at radius 1 is 1.03 bits per heavy atom. The topological polar surface area (TPSA) is 42.0 Å². The molecule has 2 unspecified atom stereocenters. The zero-order valence-corrected chi connectivity index (χ0v) is 19.1. The molecular formula is C27H34N2O3. The van der Waals surface area contributed by atoms with Crippen molar-refractivity contribution in [2.24, 2.45) is 0 Å². The van der Waals surface area contributed by atoms with Gasteiger partial charge in [0.2, 0.25) is 0 Å². The number of hydrogen-bond donors (Lipinski definition) is 0. The van der Waals surface area contributed by atoms with E-state index in [1.165, 1.54) is 37.9 Å². The van der Waals surface area contributed by atoms with Gasteiger partial charge in [0.15, 0.2) is 0 Å². The number of carbonyl (C=O) groups excluding carboxylic acids is 1. The van der Waals surface area contributed by atoms with Gasteiger partial charge in [-0.05, 0) is 80.6 Å². The highest BCUT2D eigenvalue weighted by Crippen LogP contribution is 2.35. The van der Waals surface area contributed by atoms with Crippen LogP contribution in [-0.2, 0) is 11.2 Å². The third kappa shape index (κ3) is 4.69. The molecule has 2 aromatic rings. The molecule has 170 valence electrons. The number of carbonyl (C=O) groups is 1. The molecular weight excluding hydrogens is 400 g/mol. The highest BCUT2D eigenvalue weighted by Gasteiger charge is 2.25. The van der Waals surface area contributed by atoms with E-state index in [2.05, 4.69) is 30.0 Å². The minimum absolute atomic E-state index is 0.0864. The minimum atomic E-state index is 0.0864. The van der Waals surface area contributed by atoms with Crippen molar-refractivity contribution in [3.05, 3.63) is 53.6 Å². The van der Waals surface area contributed by atoms with Crippen LogP contribution in [0.2, 0.25) is 0 Å². The molecule has 5 heteroatoms. The molecule has 2 fully saturated rings. The summed E-state index contributed by atoms with van der Waals surface area (Å²) in [7, 11) is 0. The summed E-state index contributed by atoms with van der Waals surface area (Å²) < 4.78 is 11.7. The van der Waals surface area contributed by atoms with Gasteiger partial charge in [-0.15, -0.1) is 0 Å². The summed E-state index contributed by atoms with van der Waals surface area (Å²) in [6.45, 7) is 7.38. The first kappa shape index (κ1) is 21.5. The molecule has 3 heterocycles. The maximum atomic E-state index is 12.7. The van der Waals surface area contributed by atoms with Crippen molar-refractivity contribution in [2.75, 3.05) is 39.4 Å². The second-order valence-electron chi connectivity index (χ2n) is 9.42. The number of ether oxygens (including phenoxy) is 2. The summed E-state index contributed by atoms with van der Waals surface area (Å²) >= 11 is 0. The van der Waals surface area contributed by atoms with Crippen molar-refractivity contribution >= 4 is 5.91 Å². The molecule has 32 heavy (non-hydrogen) atoms. The summed E-state index contributed by atoms with van der Waals surface area (Å²) in [6, 6.07) is 15.2. The SMILES string of the molecule is CC1CCCN1CCCC1Cc2ccc(-c3ccc(C(=O)N4CCOCC4)cc3)cc2O1. The predicted molar refractivity (Wildman–Crippen MR) is 126 cm³/mol. The molecule has 2 aromatic carbocycles. The van der Waals surface area contributed by atoms with Crippen molar-refractivity contribution in [3.63, 3.8) is 0 Å². The summed E-state index contributed by atoms with van der Waals surface area (Å²) in [5, 5.41) is 0. The van der Waals surface area contributed by atoms with E-state index in [-0.39, 0.29) is 5.91 Å². The Morgan fingerprint density at radius 3 is 2.56 bits per heavy atom. The molecule has 2 atom stereocenters. The molecule has 0 spiro atoms. The van der Waals surface area contributed by atoms with Crippen molar-refractivity contribution in [2.45, 2.75) is 51.2 Å². The van der Waals surface area contributed by atoms with Gasteiger partial charge in [0.1, 0.15) is 11.9 Å². The predicted octanol–water partition coefficient (Wildman–Crippen LogP) is 4.39. The number of nitrogens with zero attached hydrogens (tertiary/aromatic N) is 2. The van der Waals surface area contributed by atoms with E-state index in [0.717, 1.165) is 41.3 Å². The molecule has 0 aliphatic carbocycles. The van der Waals surface area contributed by atoms with E-state index in [0.29, 0.717) is 32.4 Å². The first-order valence-corrected chi connectivity index (χ1v) is 12.2. The van der Waals surface area contributed by atoms with Crippen LogP contribution < -0.4 is 4.74 Å². The van der Waals surface area contributed by atoms with Crippen LogP contribution in [0.1, 0.15) is 48.5 Å². The van der Waals surface area contributed by atoms with E-state index in [1.54, 1.807) is 0 Å². The Labute approximate surface area is 191 Å². The number of benzene rings is 2.